The number of nitrogens with one attached hydrogen (secondary N) is 2. The molecule has 7 rings (SSSR count). The molecule has 4 aromatic rings. The summed E-state index contributed by atoms with van der Waals surface area (Å²) < 4.78 is 16.9. The summed E-state index contributed by atoms with van der Waals surface area (Å²) in [7, 11) is 0. The Morgan fingerprint density at radius 1 is 1.12 bits per heavy atom. The van der Waals surface area contributed by atoms with Crippen LogP contribution in [0.25, 0.3) is 32.9 Å². The van der Waals surface area contributed by atoms with E-state index in [1.165, 1.54) is 18.9 Å². The molecule has 224 valence electrons. The Morgan fingerprint density at radius 2 is 1.91 bits per heavy atom. The molecule has 2 saturated heterocycles. The van der Waals surface area contributed by atoms with Crippen LogP contribution in [0.4, 0.5) is 16.2 Å². The highest BCUT2D eigenvalue weighted by molar-refractivity contribution is 6.35. The Labute approximate surface area is 255 Å². The van der Waals surface area contributed by atoms with Crippen molar-refractivity contribution in [3.05, 3.63) is 53.5 Å². The Kier molecular flexibility index (Phi) is 7.21. The van der Waals surface area contributed by atoms with Crippen molar-refractivity contribution in [3.8, 4) is 11.1 Å². The average Bonchev–Trinajstić information content (AvgIpc) is 3.75. The van der Waals surface area contributed by atoms with Gasteiger partial charge in [-0.15, -0.1) is 0 Å². The van der Waals surface area contributed by atoms with Gasteiger partial charge in [0.15, 0.2) is 5.82 Å². The summed E-state index contributed by atoms with van der Waals surface area (Å²) in [5.74, 6) is 0.449. The Morgan fingerprint density at radius 3 is 2.63 bits per heavy atom. The summed E-state index contributed by atoms with van der Waals surface area (Å²) in [6.07, 6.45) is 7.63. The van der Waals surface area contributed by atoms with Crippen molar-refractivity contribution in [2.75, 3.05) is 42.9 Å². The van der Waals surface area contributed by atoms with Crippen LogP contribution < -0.4 is 10.2 Å². The molecular formula is C32H36ClFN8O. The van der Waals surface area contributed by atoms with Crippen LogP contribution in [0.2, 0.25) is 5.02 Å². The summed E-state index contributed by atoms with van der Waals surface area (Å²) in [6.45, 7) is 11.3. The molecule has 3 fully saturated rings. The van der Waals surface area contributed by atoms with E-state index in [4.69, 9.17) is 21.6 Å². The highest BCUT2D eigenvalue weighted by Crippen LogP contribution is 2.42. The molecule has 43 heavy (non-hydrogen) atoms. The molecule has 4 heterocycles. The average molecular weight is 603 g/mol. The van der Waals surface area contributed by atoms with Crippen molar-refractivity contribution in [2.45, 2.75) is 57.7 Å². The van der Waals surface area contributed by atoms with Crippen LogP contribution in [-0.4, -0.2) is 86.7 Å². The predicted octanol–water partition coefficient (Wildman–Crippen LogP) is 5.54. The number of hydrogen-bond acceptors (Lipinski definition) is 7. The van der Waals surface area contributed by atoms with E-state index in [0.29, 0.717) is 47.9 Å². The number of rotatable bonds is 6. The zero-order valence-electron chi connectivity index (χ0n) is 24.5. The third-order valence-corrected chi connectivity index (χ3v) is 9.56. The van der Waals surface area contributed by atoms with Crippen LogP contribution in [0.15, 0.2) is 37.1 Å². The molecule has 0 radical (unpaired) electrons. The molecule has 1 amide bonds. The number of H-pyrrole nitrogens is 1. The van der Waals surface area contributed by atoms with E-state index in [2.05, 4.69) is 31.9 Å². The molecule has 0 spiro atoms. The van der Waals surface area contributed by atoms with Gasteiger partial charge in [0.05, 0.1) is 16.7 Å². The van der Waals surface area contributed by atoms with E-state index in [0.717, 1.165) is 48.4 Å². The lowest BCUT2D eigenvalue weighted by Gasteiger charge is -2.40. The number of aromatic nitrogens is 4. The van der Waals surface area contributed by atoms with Crippen molar-refractivity contribution in [1.29, 1.82) is 0 Å². The van der Waals surface area contributed by atoms with Gasteiger partial charge in [0.25, 0.3) is 0 Å². The van der Waals surface area contributed by atoms with Crippen LogP contribution in [0, 0.1) is 12.7 Å². The third-order valence-electron chi connectivity index (χ3n) is 9.26. The predicted molar refractivity (Wildman–Crippen MR) is 169 cm³/mol. The van der Waals surface area contributed by atoms with Gasteiger partial charge in [-0.2, -0.15) is 10.1 Å². The minimum absolute atomic E-state index is 0.0613. The van der Waals surface area contributed by atoms with Crippen LogP contribution in [0.3, 0.4) is 0 Å². The van der Waals surface area contributed by atoms with Gasteiger partial charge in [-0.1, -0.05) is 24.2 Å². The van der Waals surface area contributed by atoms with E-state index in [9.17, 15) is 4.79 Å². The van der Waals surface area contributed by atoms with Gasteiger partial charge in [0.2, 0.25) is 11.9 Å². The standard InChI is InChI=1S/C32H36ClFN8O/c1-4-26(43)41-13-14-42(19(3)17-41)31-22-15-24(33)28(27-18(2)5-8-25-23(27)16-35-39-25)29(34)30(22)37-32(38-31)36-20-9-11-40(12-10-20)21-6-7-21/h4-5,8,15-16,19-21H,1,6-7,9-14,17H2,2-3H3,(H,35,39)(H,36,37,38). The minimum atomic E-state index is -0.484. The number of piperazine rings is 1. The van der Waals surface area contributed by atoms with E-state index in [1.807, 2.05) is 26.0 Å². The molecule has 2 aromatic carbocycles. The maximum atomic E-state index is 16.9. The number of benzene rings is 2. The van der Waals surface area contributed by atoms with Gasteiger partial charge >= 0.3 is 0 Å². The molecule has 2 aromatic heterocycles. The summed E-state index contributed by atoms with van der Waals surface area (Å²) in [6, 6.07) is 6.55. The van der Waals surface area contributed by atoms with Crippen molar-refractivity contribution in [2.24, 2.45) is 0 Å². The first-order valence-corrected chi connectivity index (χ1v) is 15.5. The van der Waals surface area contributed by atoms with Crippen molar-refractivity contribution in [3.63, 3.8) is 0 Å². The minimum Gasteiger partial charge on any atom is -0.351 e. The number of carbonyl (C=O) groups excluding carboxylic acids is 1. The molecular weight excluding hydrogens is 567 g/mol. The quantitative estimate of drug-likeness (QED) is 0.280. The number of halogens is 2. The first-order valence-electron chi connectivity index (χ1n) is 15.1. The second kappa shape index (κ2) is 11.1. The first kappa shape index (κ1) is 28.0. The third kappa shape index (κ3) is 5.10. The fourth-order valence-corrected chi connectivity index (χ4v) is 7.07. The molecule has 2 aliphatic heterocycles. The lowest BCUT2D eigenvalue weighted by Crippen LogP contribution is -2.53. The number of carbonyl (C=O) groups is 1. The Balaban J connectivity index is 1.33. The maximum Gasteiger partial charge on any atom is 0.246 e. The van der Waals surface area contributed by atoms with Gasteiger partial charge in [0.1, 0.15) is 11.3 Å². The SMILES string of the molecule is C=CC(=O)N1CCN(c2nc(NC3CCN(C4CC4)CC3)nc3c(F)c(-c4c(C)ccc5[nH]ncc45)c(Cl)cc23)C(C)C1. The summed E-state index contributed by atoms with van der Waals surface area (Å²) in [4.78, 5) is 28.6. The Hall–Kier alpha value is -3.76. The normalized spacial score (nSPS) is 20.2. The zero-order valence-corrected chi connectivity index (χ0v) is 25.3. The number of hydrogen-bond donors (Lipinski definition) is 2. The lowest BCUT2D eigenvalue weighted by molar-refractivity contribution is -0.126. The number of fused-ring (bicyclic) bond motifs is 2. The number of amides is 1. The van der Waals surface area contributed by atoms with Gasteiger partial charge in [-0.3, -0.25) is 9.89 Å². The second-order valence-electron chi connectivity index (χ2n) is 12.1. The molecule has 1 saturated carbocycles. The van der Waals surface area contributed by atoms with E-state index >= 15 is 4.39 Å². The fraction of sp³-hybridized carbons (Fsp3) is 0.438. The zero-order chi connectivity index (χ0) is 29.8. The maximum absolute atomic E-state index is 16.9. The summed E-state index contributed by atoms with van der Waals surface area (Å²) in [5, 5.41) is 12.4. The smallest absolute Gasteiger partial charge is 0.246 e. The molecule has 0 bridgehead atoms. The number of piperidine rings is 1. The second-order valence-corrected chi connectivity index (χ2v) is 12.5. The molecule has 11 heteroatoms. The lowest BCUT2D eigenvalue weighted by atomic mass is 9.95. The highest BCUT2D eigenvalue weighted by Gasteiger charge is 2.33. The van der Waals surface area contributed by atoms with E-state index in [-0.39, 0.29) is 28.5 Å². The van der Waals surface area contributed by atoms with Crippen molar-refractivity contribution < 1.29 is 9.18 Å². The van der Waals surface area contributed by atoms with E-state index < -0.39 is 5.82 Å². The largest absolute Gasteiger partial charge is 0.351 e. The van der Waals surface area contributed by atoms with E-state index in [1.54, 1.807) is 17.2 Å². The number of likely N-dealkylation sites (tertiary alicyclic amines) is 1. The van der Waals surface area contributed by atoms with Crippen LogP contribution in [0.1, 0.15) is 38.2 Å². The van der Waals surface area contributed by atoms with Crippen LogP contribution in [0.5, 0.6) is 0 Å². The monoisotopic (exact) mass is 602 g/mol. The summed E-state index contributed by atoms with van der Waals surface area (Å²) in [5.41, 5.74) is 2.92. The molecule has 2 N–H and O–H groups in total. The first-order chi connectivity index (χ1) is 20.8. The highest BCUT2D eigenvalue weighted by atomic mass is 35.5. The molecule has 9 nitrogen and oxygen atoms in total. The van der Waals surface area contributed by atoms with Crippen molar-refractivity contribution in [1.82, 2.24) is 30.0 Å². The summed E-state index contributed by atoms with van der Waals surface area (Å²) >= 11 is 6.92. The van der Waals surface area contributed by atoms with Gasteiger partial charge in [-0.05, 0) is 63.3 Å². The fourth-order valence-electron chi connectivity index (χ4n) is 6.78. The van der Waals surface area contributed by atoms with Gasteiger partial charge < -0.3 is 20.0 Å². The van der Waals surface area contributed by atoms with Crippen molar-refractivity contribution >= 4 is 51.1 Å². The van der Waals surface area contributed by atoms with Crippen LogP contribution in [-0.2, 0) is 4.79 Å². The molecule has 1 aliphatic carbocycles. The molecule has 3 aliphatic rings. The van der Waals surface area contributed by atoms with Gasteiger partial charge in [-0.25, -0.2) is 9.37 Å². The number of aryl methyl sites for hydroxylation is 1. The topological polar surface area (TPSA) is 93.3 Å². The van der Waals surface area contributed by atoms with Crippen LogP contribution >= 0.6 is 11.6 Å². The molecule has 1 unspecified atom stereocenters. The Bertz CT molecular complexity index is 1730. The molecule has 1 atom stereocenters. The number of aromatic amines is 1. The number of nitrogens with zero attached hydrogens (tertiary/aromatic N) is 6. The van der Waals surface area contributed by atoms with Gasteiger partial charge in [0, 0.05) is 72.7 Å². The number of anilines is 2.